The fraction of sp³-hybridized carbons (Fsp3) is 0.667. The molecule has 6 heteroatoms. The van der Waals surface area contributed by atoms with E-state index < -0.39 is 9.84 Å². The summed E-state index contributed by atoms with van der Waals surface area (Å²) in [5.74, 6) is 0.418. The average molecular weight is 270 g/mol. The molecular formula is C12H18N2O3S. The number of hydrogen-bond acceptors (Lipinski definition) is 4. The third-order valence-electron chi connectivity index (χ3n) is 3.38. The van der Waals surface area contributed by atoms with Crippen molar-refractivity contribution in [2.45, 2.75) is 38.1 Å². The van der Waals surface area contributed by atoms with Crippen LogP contribution in [0.2, 0.25) is 0 Å². The van der Waals surface area contributed by atoms with Gasteiger partial charge >= 0.3 is 0 Å². The van der Waals surface area contributed by atoms with Crippen LogP contribution in [0.25, 0.3) is 0 Å². The van der Waals surface area contributed by atoms with Gasteiger partial charge in [0.25, 0.3) is 0 Å². The monoisotopic (exact) mass is 270 g/mol. The number of carbonyl (C=O) groups excluding carboxylic acids is 1. The van der Waals surface area contributed by atoms with E-state index in [4.69, 9.17) is 0 Å². The highest BCUT2D eigenvalue weighted by molar-refractivity contribution is 7.90. The number of carbonyl (C=O) groups is 1. The van der Waals surface area contributed by atoms with Crippen LogP contribution in [0.1, 0.15) is 47.7 Å². The average Bonchev–Trinajstić information content (AvgIpc) is 2.94. The lowest BCUT2D eigenvalue weighted by atomic mass is 10.0. The zero-order chi connectivity index (χ0) is 13.2. The van der Waals surface area contributed by atoms with Gasteiger partial charge < -0.3 is 0 Å². The first-order chi connectivity index (χ1) is 8.49. The minimum Gasteiger partial charge on any atom is -0.298 e. The first kappa shape index (κ1) is 13.3. The highest BCUT2D eigenvalue weighted by Gasteiger charge is 2.23. The Labute approximate surface area is 107 Å². The summed E-state index contributed by atoms with van der Waals surface area (Å²) in [7, 11) is -3.00. The maximum atomic E-state index is 11.1. The molecule has 0 amide bonds. The lowest BCUT2D eigenvalue weighted by Crippen LogP contribution is -2.12. The molecule has 0 unspecified atom stereocenters. The third kappa shape index (κ3) is 3.19. The first-order valence-electron chi connectivity index (χ1n) is 6.20. The van der Waals surface area contributed by atoms with Crippen molar-refractivity contribution < 1.29 is 13.2 Å². The minimum atomic E-state index is -3.00. The number of aryl methyl sites for hydroxylation is 1. The zero-order valence-electron chi connectivity index (χ0n) is 10.5. The van der Waals surface area contributed by atoms with Crippen LogP contribution in [0.5, 0.6) is 0 Å². The second-order valence-corrected chi connectivity index (χ2v) is 7.22. The van der Waals surface area contributed by atoms with Gasteiger partial charge in [-0.3, -0.25) is 9.48 Å². The van der Waals surface area contributed by atoms with E-state index >= 15 is 0 Å². The van der Waals surface area contributed by atoms with E-state index in [2.05, 4.69) is 5.10 Å². The SMILES string of the molecule is CS(=O)(=O)CCn1cc(C=O)c(C2CCCC2)n1. The molecule has 0 atom stereocenters. The summed E-state index contributed by atoms with van der Waals surface area (Å²) >= 11 is 0. The summed E-state index contributed by atoms with van der Waals surface area (Å²) in [6, 6.07) is 0. The lowest BCUT2D eigenvalue weighted by molar-refractivity contribution is 0.112. The van der Waals surface area contributed by atoms with Gasteiger partial charge in [-0.15, -0.1) is 0 Å². The maximum Gasteiger partial charge on any atom is 0.153 e. The summed E-state index contributed by atoms with van der Waals surface area (Å²) in [5.41, 5.74) is 1.45. The lowest BCUT2D eigenvalue weighted by Gasteiger charge is -2.05. The van der Waals surface area contributed by atoms with Crippen LogP contribution in [-0.2, 0) is 16.4 Å². The van der Waals surface area contributed by atoms with E-state index in [1.165, 1.54) is 19.1 Å². The van der Waals surface area contributed by atoms with Crippen LogP contribution in [0.3, 0.4) is 0 Å². The van der Waals surface area contributed by atoms with Gasteiger partial charge in [-0.25, -0.2) is 8.42 Å². The molecule has 0 aliphatic heterocycles. The van der Waals surface area contributed by atoms with Crippen LogP contribution < -0.4 is 0 Å². The van der Waals surface area contributed by atoms with E-state index in [0.29, 0.717) is 18.0 Å². The van der Waals surface area contributed by atoms with Crippen molar-refractivity contribution in [1.29, 1.82) is 0 Å². The van der Waals surface area contributed by atoms with Gasteiger partial charge in [-0.05, 0) is 12.8 Å². The predicted octanol–water partition coefficient (Wildman–Crippen LogP) is 1.40. The fourth-order valence-corrected chi connectivity index (χ4v) is 2.95. The quantitative estimate of drug-likeness (QED) is 0.758. The molecule has 1 aromatic rings. The minimum absolute atomic E-state index is 0.0527. The van der Waals surface area contributed by atoms with Gasteiger partial charge in [0, 0.05) is 18.4 Å². The Morgan fingerprint density at radius 2 is 2.11 bits per heavy atom. The number of hydrogen-bond donors (Lipinski definition) is 0. The Kier molecular flexibility index (Phi) is 3.85. The molecule has 0 saturated heterocycles. The Morgan fingerprint density at radius 3 is 2.67 bits per heavy atom. The van der Waals surface area contributed by atoms with Crippen molar-refractivity contribution in [3.8, 4) is 0 Å². The van der Waals surface area contributed by atoms with Crippen molar-refractivity contribution in [3.63, 3.8) is 0 Å². The summed E-state index contributed by atoms with van der Waals surface area (Å²) in [5, 5.41) is 4.39. The molecule has 1 heterocycles. The van der Waals surface area contributed by atoms with Crippen LogP contribution in [0.15, 0.2) is 6.20 Å². The molecule has 1 aromatic heterocycles. The third-order valence-corrected chi connectivity index (χ3v) is 4.30. The molecule has 1 saturated carbocycles. The molecule has 1 aliphatic carbocycles. The van der Waals surface area contributed by atoms with Gasteiger partial charge in [0.15, 0.2) is 6.29 Å². The van der Waals surface area contributed by atoms with Crippen LogP contribution >= 0.6 is 0 Å². The molecule has 0 spiro atoms. The smallest absolute Gasteiger partial charge is 0.153 e. The molecule has 0 bridgehead atoms. The Morgan fingerprint density at radius 1 is 1.44 bits per heavy atom. The topological polar surface area (TPSA) is 69.0 Å². The van der Waals surface area contributed by atoms with Crippen LogP contribution in [0, 0.1) is 0 Å². The zero-order valence-corrected chi connectivity index (χ0v) is 11.3. The molecule has 5 nitrogen and oxygen atoms in total. The number of sulfone groups is 1. The summed E-state index contributed by atoms with van der Waals surface area (Å²) in [6.07, 6.45) is 8.19. The number of nitrogens with zero attached hydrogens (tertiary/aromatic N) is 2. The molecule has 18 heavy (non-hydrogen) atoms. The van der Waals surface area contributed by atoms with Gasteiger partial charge in [0.1, 0.15) is 9.84 Å². The molecule has 100 valence electrons. The molecule has 1 fully saturated rings. The Bertz CT molecular complexity index is 528. The van der Waals surface area contributed by atoms with Gasteiger partial charge in [-0.2, -0.15) is 5.10 Å². The second-order valence-electron chi connectivity index (χ2n) is 4.96. The van der Waals surface area contributed by atoms with Crippen molar-refractivity contribution >= 4 is 16.1 Å². The van der Waals surface area contributed by atoms with Crippen LogP contribution in [-0.4, -0.2) is 36.5 Å². The summed E-state index contributed by atoms with van der Waals surface area (Å²) in [6.45, 7) is 0.312. The molecule has 0 N–H and O–H groups in total. The second kappa shape index (κ2) is 5.22. The van der Waals surface area contributed by atoms with Gasteiger partial charge in [-0.1, -0.05) is 12.8 Å². The van der Waals surface area contributed by atoms with Crippen LogP contribution in [0.4, 0.5) is 0 Å². The number of rotatable bonds is 5. The molecule has 0 aromatic carbocycles. The number of aromatic nitrogens is 2. The first-order valence-corrected chi connectivity index (χ1v) is 8.26. The van der Waals surface area contributed by atoms with Crippen molar-refractivity contribution in [2.75, 3.05) is 12.0 Å². The van der Waals surface area contributed by atoms with Crippen molar-refractivity contribution in [3.05, 3.63) is 17.5 Å². The van der Waals surface area contributed by atoms with E-state index in [-0.39, 0.29) is 5.75 Å². The Hall–Kier alpha value is -1.17. The largest absolute Gasteiger partial charge is 0.298 e. The molecule has 2 rings (SSSR count). The molecular weight excluding hydrogens is 252 g/mol. The van der Waals surface area contributed by atoms with Crippen molar-refractivity contribution in [2.24, 2.45) is 0 Å². The summed E-state index contributed by atoms with van der Waals surface area (Å²) < 4.78 is 23.8. The standard InChI is InChI=1S/C12H18N2O3S/c1-18(16,17)7-6-14-8-11(9-15)12(13-14)10-4-2-3-5-10/h8-10H,2-7H2,1H3. The van der Waals surface area contributed by atoms with E-state index in [1.807, 2.05) is 0 Å². The highest BCUT2D eigenvalue weighted by Crippen LogP contribution is 2.34. The Balaban J connectivity index is 2.15. The van der Waals surface area contributed by atoms with E-state index in [9.17, 15) is 13.2 Å². The maximum absolute atomic E-state index is 11.1. The van der Waals surface area contributed by atoms with E-state index in [1.54, 1.807) is 10.9 Å². The summed E-state index contributed by atoms with van der Waals surface area (Å²) in [4.78, 5) is 11.0. The van der Waals surface area contributed by atoms with Gasteiger partial charge in [0.2, 0.25) is 0 Å². The predicted molar refractivity (Wildman–Crippen MR) is 68.5 cm³/mol. The fourth-order valence-electron chi connectivity index (χ4n) is 2.43. The normalized spacial score (nSPS) is 17.2. The molecule has 1 aliphatic rings. The van der Waals surface area contributed by atoms with Crippen molar-refractivity contribution in [1.82, 2.24) is 9.78 Å². The van der Waals surface area contributed by atoms with Gasteiger partial charge in [0.05, 0.1) is 23.6 Å². The number of aldehydes is 1. The highest BCUT2D eigenvalue weighted by atomic mass is 32.2. The van der Waals surface area contributed by atoms with E-state index in [0.717, 1.165) is 24.8 Å². The molecule has 0 radical (unpaired) electrons.